The number of nitrogens with one attached hydrogen (secondary N) is 1. The lowest BCUT2D eigenvalue weighted by Crippen LogP contribution is -2.39. The molecule has 1 fully saturated rings. The molecule has 0 saturated carbocycles. The molecule has 0 atom stereocenters. The summed E-state index contributed by atoms with van der Waals surface area (Å²) in [5.74, 6) is 2.05. The van der Waals surface area contributed by atoms with E-state index in [0.29, 0.717) is 5.92 Å². The number of rotatable bonds is 5. The Balaban J connectivity index is 2.24. The fourth-order valence-corrected chi connectivity index (χ4v) is 2.85. The molecule has 6 nitrogen and oxygen atoms in total. The van der Waals surface area contributed by atoms with Crippen molar-refractivity contribution in [3.8, 4) is 0 Å². The van der Waals surface area contributed by atoms with Gasteiger partial charge in [-0.25, -0.2) is 9.97 Å². The standard InChI is InChI=1S/C15H25N5O/c1-4-17-14-12(10(2)3)15(19-9-18-14)20-7-5-11(6-8-20)13(16)21/h9-11H,4-8H2,1-3H3,(H2,16,21)(H,17,18,19). The van der Waals surface area contributed by atoms with Gasteiger partial charge in [-0.05, 0) is 25.7 Å². The van der Waals surface area contributed by atoms with Gasteiger partial charge in [0.2, 0.25) is 5.91 Å². The van der Waals surface area contributed by atoms with Crippen molar-refractivity contribution in [1.82, 2.24) is 9.97 Å². The van der Waals surface area contributed by atoms with Crippen molar-refractivity contribution in [3.63, 3.8) is 0 Å². The van der Waals surface area contributed by atoms with Crippen molar-refractivity contribution >= 4 is 17.5 Å². The average molecular weight is 291 g/mol. The molecule has 6 heteroatoms. The van der Waals surface area contributed by atoms with Crippen molar-refractivity contribution in [2.24, 2.45) is 11.7 Å². The van der Waals surface area contributed by atoms with E-state index >= 15 is 0 Å². The molecule has 0 bridgehead atoms. The Morgan fingerprint density at radius 2 is 2.10 bits per heavy atom. The molecule has 0 aromatic carbocycles. The molecule has 0 unspecified atom stereocenters. The van der Waals surface area contributed by atoms with E-state index in [1.54, 1.807) is 6.33 Å². The highest BCUT2D eigenvalue weighted by atomic mass is 16.1. The van der Waals surface area contributed by atoms with Gasteiger partial charge in [-0.3, -0.25) is 4.79 Å². The minimum Gasteiger partial charge on any atom is -0.370 e. The van der Waals surface area contributed by atoms with Crippen LogP contribution in [-0.4, -0.2) is 35.5 Å². The number of hydrogen-bond donors (Lipinski definition) is 2. The van der Waals surface area contributed by atoms with Gasteiger partial charge in [-0.2, -0.15) is 0 Å². The van der Waals surface area contributed by atoms with Gasteiger partial charge in [-0.1, -0.05) is 13.8 Å². The van der Waals surface area contributed by atoms with Crippen molar-refractivity contribution in [3.05, 3.63) is 11.9 Å². The number of nitrogens with two attached hydrogens (primary N) is 1. The molecule has 3 N–H and O–H groups in total. The lowest BCUT2D eigenvalue weighted by molar-refractivity contribution is -0.122. The molecular weight excluding hydrogens is 266 g/mol. The van der Waals surface area contributed by atoms with Crippen LogP contribution in [-0.2, 0) is 4.79 Å². The van der Waals surface area contributed by atoms with E-state index in [4.69, 9.17) is 5.73 Å². The normalized spacial score (nSPS) is 16.3. The van der Waals surface area contributed by atoms with Gasteiger partial charge >= 0.3 is 0 Å². The topological polar surface area (TPSA) is 84.1 Å². The number of aromatic nitrogens is 2. The predicted molar refractivity (Wildman–Crippen MR) is 84.4 cm³/mol. The molecule has 1 aliphatic rings. The zero-order chi connectivity index (χ0) is 15.4. The maximum absolute atomic E-state index is 11.3. The predicted octanol–water partition coefficient (Wildman–Crippen LogP) is 1.73. The smallest absolute Gasteiger partial charge is 0.220 e. The van der Waals surface area contributed by atoms with E-state index in [1.165, 1.54) is 0 Å². The van der Waals surface area contributed by atoms with Crippen LogP contribution in [0.3, 0.4) is 0 Å². The third kappa shape index (κ3) is 3.43. The van der Waals surface area contributed by atoms with E-state index in [1.807, 2.05) is 0 Å². The van der Waals surface area contributed by atoms with Gasteiger partial charge in [0.15, 0.2) is 0 Å². The van der Waals surface area contributed by atoms with E-state index in [2.05, 4.69) is 41.0 Å². The van der Waals surface area contributed by atoms with Crippen LogP contribution >= 0.6 is 0 Å². The molecule has 0 radical (unpaired) electrons. The van der Waals surface area contributed by atoms with Gasteiger partial charge < -0.3 is 16.0 Å². The second kappa shape index (κ2) is 6.74. The van der Waals surface area contributed by atoms with Crippen molar-refractivity contribution < 1.29 is 4.79 Å². The quantitative estimate of drug-likeness (QED) is 0.863. The monoisotopic (exact) mass is 291 g/mol. The Labute approximate surface area is 126 Å². The van der Waals surface area contributed by atoms with Crippen LogP contribution in [0.25, 0.3) is 0 Å². The SMILES string of the molecule is CCNc1ncnc(N2CCC(C(N)=O)CC2)c1C(C)C. The molecule has 21 heavy (non-hydrogen) atoms. The highest BCUT2D eigenvalue weighted by molar-refractivity contribution is 5.77. The fourth-order valence-electron chi connectivity index (χ4n) is 2.85. The second-order valence-corrected chi connectivity index (χ2v) is 5.81. The number of nitrogens with zero attached hydrogens (tertiary/aromatic N) is 3. The molecule has 1 aliphatic heterocycles. The van der Waals surface area contributed by atoms with Crippen LogP contribution in [0.4, 0.5) is 11.6 Å². The van der Waals surface area contributed by atoms with Crippen LogP contribution in [0.2, 0.25) is 0 Å². The number of anilines is 2. The molecule has 116 valence electrons. The highest BCUT2D eigenvalue weighted by Crippen LogP contribution is 2.32. The van der Waals surface area contributed by atoms with Crippen molar-refractivity contribution in [2.75, 3.05) is 29.9 Å². The van der Waals surface area contributed by atoms with Gasteiger partial charge in [0.05, 0.1) is 0 Å². The lowest BCUT2D eigenvalue weighted by Gasteiger charge is -2.33. The summed E-state index contributed by atoms with van der Waals surface area (Å²) in [5.41, 5.74) is 6.55. The molecule has 1 aromatic rings. The lowest BCUT2D eigenvalue weighted by atomic mass is 9.95. The molecule has 1 amide bonds. The number of carbonyl (C=O) groups is 1. The van der Waals surface area contributed by atoms with Crippen molar-refractivity contribution in [2.45, 2.75) is 39.5 Å². The third-order valence-electron chi connectivity index (χ3n) is 3.98. The zero-order valence-corrected chi connectivity index (χ0v) is 13.1. The minimum atomic E-state index is -0.185. The van der Waals surface area contributed by atoms with Gasteiger partial charge in [-0.15, -0.1) is 0 Å². The van der Waals surface area contributed by atoms with Crippen LogP contribution < -0.4 is 16.0 Å². The molecule has 1 aromatic heterocycles. The Morgan fingerprint density at radius 3 is 2.62 bits per heavy atom. The summed E-state index contributed by atoms with van der Waals surface area (Å²) in [4.78, 5) is 22.4. The summed E-state index contributed by atoms with van der Waals surface area (Å²) in [7, 11) is 0. The Hall–Kier alpha value is -1.85. The maximum atomic E-state index is 11.3. The number of piperidine rings is 1. The highest BCUT2D eigenvalue weighted by Gasteiger charge is 2.26. The number of hydrogen-bond acceptors (Lipinski definition) is 5. The summed E-state index contributed by atoms with van der Waals surface area (Å²) >= 11 is 0. The van der Waals surface area contributed by atoms with E-state index < -0.39 is 0 Å². The van der Waals surface area contributed by atoms with E-state index in [0.717, 1.165) is 49.7 Å². The summed E-state index contributed by atoms with van der Waals surface area (Å²) in [6, 6.07) is 0. The molecular formula is C15H25N5O. The first-order valence-corrected chi connectivity index (χ1v) is 7.67. The molecule has 0 spiro atoms. The molecule has 0 aliphatic carbocycles. The van der Waals surface area contributed by atoms with Gasteiger partial charge in [0.1, 0.15) is 18.0 Å². The number of primary amides is 1. The Bertz CT molecular complexity index is 495. The number of amides is 1. The average Bonchev–Trinajstić information content (AvgIpc) is 2.47. The van der Waals surface area contributed by atoms with Gasteiger partial charge in [0.25, 0.3) is 0 Å². The summed E-state index contributed by atoms with van der Waals surface area (Å²) in [6.07, 6.45) is 3.21. The molecule has 2 heterocycles. The van der Waals surface area contributed by atoms with E-state index in [-0.39, 0.29) is 11.8 Å². The van der Waals surface area contributed by atoms with Crippen LogP contribution in [0.5, 0.6) is 0 Å². The third-order valence-corrected chi connectivity index (χ3v) is 3.98. The molecule has 2 rings (SSSR count). The van der Waals surface area contributed by atoms with Gasteiger partial charge in [0, 0.05) is 31.1 Å². The first-order valence-electron chi connectivity index (χ1n) is 7.67. The Morgan fingerprint density at radius 1 is 1.43 bits per heavy atom. The van der Waals surface area contributed by atoms with Crippen molar-refractivity contribution in [1.29, 1.82) is 0 Å². The first kappa shape index (κ1) is 15.5. The summed E-state index contributed by atoms with van der Waals surface area (Å²) in [5, 5.41) is 3.31. The Kier molecular flexibility index (Phi) is 4.98. The van der Waals surface area contributed by atoms with Crippen LogP contribution in [0, 0.1) is 5.92 Å². The van der Waals surface area contributed by atoms with Crippen LogP contribution in [0.1, 0.15) is 45.1 Å². The maximum Gasteiger partial charge on any atom is 0.220 e. The van der Waals surface area contributed by atoms with E-state index in [9.17, 15) is 4.79 Å². The van der Waals surface area contributed by atoms with Crippen LogP contribution in [0.15, 0.2) is 6.33 Å². The molecule has 1 saturated heterocycles. The summed E-state index contributed by atoms with van der Waals surface area (Å²) in [6.45, 7) is 8.83. The summed E-state index contributed by atoms with van der Waals surface area (Å²) < 4.78 is 0. The number of carbonyl (C=O) groups excluding carboxylic acids is 1. The second-order valence-electron chi connectivity index (χ2n) is 5.81. The largest absolute Gasteiger partial charge is 0.370 e. The fraction of sp³-hybridized carbons (Fsp3) is 0.667. The zero-order valence-electron chi connectivity index (χ0n) is 13.1. The minimum absolute atomic E-state index is 0.00109. The first-order chi connectivity index (χ1) is 10.0.